The number of aromatic nitrogens is 1. The lowest BCUT2D eigenvalue weighted by molar-refractivity contribution is 0.0693. The zero-order valence-corrected chi connectivity index (χ0v) is 19.6. The van der Waals surface area contributed by atoms with Crippen molar-refractivity contribution in [2.24, 2.45) is 0 Å². The van der Waals surface area contributed by atoms with Gasteiger partial charge in [-0.3, -0.25) is 4.79 Å². The van der Waals surface area contributed by atoms with Crippen molar-refractivity contribution < 1.29 is 13.2 Å². The van der Waals surface area contributed by atoms with Gasteiger partial charge < -0.3 is 4.90 Å². The predicted molar refractivity (Wildman–Crippen MR) is 123 cm³/mol. The summed E-state index contributed by atoms with van der Waals surface area (Å²) in [6, 6.07) is 12.5. The Morgan fingerprint density at radius 2 is 1.77 bits per heavy atom. The van der Waals surface area contributed by atoms with Crippen molar-refractivity contribution in [3.63, 3.8) is 0 Å². The molecule has 9 heteroatoms. The summed E-state index contributed by atoms with van der Waals surface area (Å²) < 4.78 is 27.4. The van der Waals surface area contributed by atoms with Gasteiger partial charge in [-0.05, 0) is 49.2 Å². The molecule has 0 spiro atoms. The van der Waals surface area contributed by atoms with Crippen LogP contribution in [0, 0.1) is 13.8 Å². The normalized spacial score (nSPS) is 15.3. The van der Waals surface area contributed by atoms with Crippen LogP contribution in [0.3, 0.4) is 0 Å². The summed E-state index contributed by atoms with van der Waals surface area (Å²) in [5.41, 5.74) is 3.22. The van der Waals surface area contributed by atoms with Crippen LogP contribution in [0.2, 0.25) is 5.02 Å². The van der Waals surface area contributed by atoms with Crippen molar-refractivity contribution in [2.45, 2.75) is 18.7 Å². The Balaban J connectivity index is 1.44. The predicted octanol–water partition coefficient (Wildman–Crippen LogP) is 4.23. The third-order valence-corrected chi connectivity index (χ3v) is 8.46. The molecule has 1 saturated heterocycles. The third kappa shape index (κ3) is 4.52. The number of rotatable bonds is 4. The van der Waals surface area contributed by atoms with Crippen molar-refractivity contribution in [3.05, 3.63) is 69.7 Å². The minimum Gasteiger partial charge on any atom is -0.335 e. The molecule has 1 aliphatic heterocycles. The lowest BCUT2D eigenvalue weighted by Gasteiger charge is -2.33. The van der Waals surface area contributed by atoms with Crippen molar-refractivity contribution in [1.82, 2.24) is 14.2 Å². The molecule has 6 nitrogen and oxygen atoms in total. The SMILES string of the molecule is Cc1ccc(S(=O)(=O)N2CCN(C(=O)c3csc(-c4cccc(Cl)c4)n3)CC2)cc1C. The second-order valence-corrected chi connectivity index (χ2v) is 10.7. The van der Waals surface area contributed by atoms with Gasteiger partial charge in [0.1, 0.15) is 10.7 Å². The van der Waals surface area contributed by atoms with E-state index in [1.807, 2.05) is 38.1 Å². The average Bonchev–Trinajstić information content (AvgIpc) is 3.25. The largest absolute Gasteiger partial charge is 0.335 e. The van der Waals surface area contributed by atoms with Gasteiger partial charge in [0.15, 0.2) is 0 Å². The average molecular weight is 476 g/mol. The number of thiazole rings is 1. The second kappa shape index (κ2) is 8.70. The van der Waals surface area contributed by atoms with Gasteiger partial charge in [0.05, 0.1) is 4.90 Å². The highest BCUT2D eigenvalue weighted by molar-refractivity contribution is 7.89. The molecule has 0 atom stereocenters. The Kier molecular flexibility index (Phi) is 6.16. The van der Waals surface area contributed by atoms with Crippen LogP contribution in [0.1, 0.15) is 21.6 Å². The number of hydrogen-bond acceptors (Lipinski definition) is 5. The van der Waals surface area contributed by atoms with E-state index in [1.165, 1.54) is 15.6 Å². The van der Waals surface area contributed by atoms with Gasteiger partial charge in [0.25, 0.3) is 5.91 Å². The molecule has 1 fully saturated rings. The number of carbonyl (C=O) groups excluding carboxylic acids is 1. The van der Waals surface area contributed by atoms with Gasteiger partial charge in [0.2, 0.25) is 10.0 Å². The van der Waals surface area contributed by atoms with Gasteiger partial charge in [-0.25, -0.2) is 13.4 Å². The first kappa shape index (κ1) is 22.0. The summed E-state index contributed by atoms with van der Waals surface area (Å²) in [6.07, 6.45) is 0. The highest BCUT2D eigenvalue weighted by atomic mass is 35.5. The zero-order chi connectivity index (χ0) is 22.2. The van der Waals surface area contributed by atoms with Crippen LogP contribution < -0.4 is 0 Å². The Bertz CT molecular complexity index is 1230. The van der Waals surface area contributed by atoms with Crippen LogP contribution >= 0.6 is 22.9 Å². The summed E-state index contributed by atoms with van der Waals surface area (Å²) in [6.45, 7) is 5.02. The van der Waals surface area contributed by atoms with Gasteiger partial charge in [-0.1, -0.05) is 29.8 Å². The fourth-order valence-corrected chi connectivity index (χ4v) is 5.93. The first-order chi connectivity index (χ1) is 14.8. The molecule has 3 aromatic rings. The topological polar surface area (TPSA) is 70.6 Å². The number of carbonyl (C=O) groups is 1. The van der Waals surface area contributed by atoms with Gasteiger partial charge >= 0.3 is 0 Å². The number of aryl methyl sites for hydroxylation is 2. The Morgan fingerprint density at radius 3 is 2.45 bits per heavy atom. The molecule has 0 unspecified atom stereocenters. The minimum absolute atomic E-state index is 0.187. The van der Waals surface area contributed by atoms with Gasteiger partial charge in [-0.2, -0.15) is 4.31 Å². The number of halogens is 1. The molecule has 2 aromatic carbocycles. The first-order valence-corrected chi connectivity index (χ1v) is 12.5. The molecule has 1 aromatic heterocycles. The van der Waals surface area contributed by atoms with E-state index in [0.717, 1.165) is 21.7 Å². The van der Waals surface area contributed by atoms with Crippen molar-refractivity contribution in [2.75, 3.05) is 26.2 Å². The van der Waals surface area contributed by atoms with Gasteiger partial charge in [0, 0.05) is 42.1 Å². The molecule has 0 bridgehead atoms. The third-order valence-electron chi connectivity index (χ3n) is 5.44. The maximum absolute atomic E-state index is 13.0. The standard InChI is InChI=1S/C22H22ClN3O3S2/c1-15-6-7-19(12-16(15)2)31(28,29)26-10-8-25(9-11-26)22(27)20-14-30-21(24-20)17-4-3-5-18(23)13-17/h3-7,12-14H,8-11H2,1-2H3. The molecular weight excluding hydrogens is 454 g/mol. The van der Waals surface area contributed by atoms with Crippen LogP contribution in [0.5, 0.6) is 0 Å². The van der Waals surface area contributed by atoms with Gasteiger partial charge in [-0.15, -0.1) is 11.3 Å². The van der Waals surface area contributed by atoms with Crippen molar-refractivity contribution in [1.29, 1.82) is 0 Å². The minimum atomic E-state index is -3.58. The molecule has 0 radical (unpaired) electrons. The maximum Gasteiger partial charge on any atom is 0.273 e. The molecule has 0 N–H and O–H groups in total. The lowest BCUT2D eigenvalue weighted by atomic mass is 10.1. The smallest absolute Gasteiger partial charge is 0.273 e. The zero-order valence-electron chi connectivity index (χ0n) is 17.2. The number of sulfonamides is 1. The quantitative estimate of drug-likeness (QED) is 0.566. The Hall–Kier alpha value is -2.26. The van der Waals surface area contributed by atoms with Crippen LogP contribution in [-0.2, 0) is 10.0 Å². The van der Waals surface area contributed by atoms with Crippen LogP contribution in [0.25, 0.3) is 10.6 Å². The molecule has 162 valence electrons. The second-order valence-electron chi connectivity index (χ2n) is 7.49. The summed E-state index contributed by atoms with van der Waals surface area (Å²) in [5.74, 6) is -0.187. The van der Waals surface area contributed by atoms with E-state index in [4.69, 9.17) is 11.6 Å². The number of nitrogens with zero attached hydrogens (tertiary/aromatic N) is 3. The molecule has 0 aliphatic carbocycles. The fourth-order valence-electron chi connectivity index (χ4n) is 3.44. The number of hydrogen-bond donors (Lipinski definition) is 0. The van der Waals surface area contributed by atoms with Crippen molar-refractivity contribution >= 4 is 38.9 Å². The van der Waals surface area contributed by atoms with Crippen LogP contribution in [-0.4, -0.2) is 54.7 Å². The molecule has 1 aliphatic rings. The van der Waals surface area contributed by atoms with E-state index in [2.05, 4.69) is 4.98 Å². The molecule has 2 heterocycles. The summed E-state index contributed by atoms with van der Waals surface area (Å²) >= 11 is 7.43. The number of piperazine rings is 1. The van der Waals surface area contributed by atoms with E-state index in [9.17, 15) is 13.2 Å². The van der Waals surface area contributed by atoms with E-state index in [0.29, 0.717) is 28.7 Å². The summed E-state index contributed by atoms with van der Waals surface area (Å²) in [4.78, 5) is 19.3. The summed E-state index contributed by atoms with van der Waals surface area (Å²) in [5, 5.41) is 3.07. The maximum atomic E-state index is 13.0. The summed E-state index contributed by atoms with van der Waals surface area (Å²) in [7, 11) is -3.58. The molecule has 0 saturated carbocycles. The van der Waals surface area contributed by atoms with E-state index in [1.54, 1.807) is 28.5 Å². The van der Waals surface area contributed by atoms with E-state index >= 15 is 0 Å². The Morgan fingerprint density at radius 1 is 1.03 bits per heavy atom. The highest BCUT2D eigenvalue weighted by Gasteiger charge is 2.31. The number of amides is 1. The molecule has 31 heavy (non-hydrogen) atoms. The van der Waals surface area contributed by atoms with E-state index in [-0.39, 0.29) is 19.0 Å². The Labute approximate surface area is 191 Å². The first-order valence-electron chi connectivity index (χ1n) is 9.84. The molecule has 1 amide bonds. The lowest BCUT2D eigenvalue weighted by Crippen LogP contribution is -2.50. The van der Waals surface area contributed by atoms with Crippen molar-refractivity contribution in [3.8, 4) is 10.6 Å². The number of benzene rings is 2. The molecule has 4 rings (SSSR count). The van der Waals surface area contributed by atoms with Crippen LogP contribution in [0.4, 0.5) is 0 Å². The fraction of sp³-hybridized carbons (Fsp3) is 0.273. The van der Waals surface area contributed by atoms with E-state index < -0.39 is 10.0 Å². The molecular formula is C22H22ClN3O3S2. The highest BCUT2D eigenvalue weighted by Crippen LogP contribution is 2.27. The monoisotopic (exact) mass is 475 g/mol. The van der Waals surface area contributed by atoms with Crippen LogP contribution in [0.15, 0.2) is 52.7 Å².